The Morgan fingerprint density at radius 3 is 2.68 bits per heavy atom. The summed E-state index contributed by atoms with van der Waals surface area (Å²) < 4.78 is 12.7. The van der Waals surface area contributed by atoms with E-state index >= 15 is 0 Å². The summed E-state index contributed by atoms with van der Waals surface area (Å²) in [5.41, 5.74) is 2.66. The SMILES string of the molecule is CN(Cc1ccc(-n2cccn2)cc1)C(=O)CC[C@]1(Cc2ccc3c(c2)OCO3)CCC(=O)N1. The van der Waals surface area contributed by atoms with E-state index in [4.69, 9.17) is 9.47 Å². The van der Waals surface area contributed by atoms with Crippen molar-refractivity contribution in [3.05, 3.63) is 72.1 Å². The maximum atomic E-state index is 12.9. The largest absolute Gasteiger partial charge is 0.454 e. The van der Waals surface area contributed by atoms with Crippen molar-refractivity contribution in [1.29, 1.82) is 0 Å². The number of hydrogen-bond acceptors (Lipinski definition) is 5. The fraction of sp³-hybridized carbons (Fsp3) is 0.346. The van der Waals surface area contributed by atoms with Crippen LogP contribution in [0.3, 0.4) is 0 Å². The Kier molecular flexibility index (Phi) is 5.96. The van der Waals surface area contributed by atoms with Gasteiger partial charge in [-0.3, -0.25) is 9.59 Å². The standard InChI is InChI=1S/C26H28N4O4/c1-29(17-19-3-6-21(7-4-19)30-14-2-13-27-30)25(32)10-12-26(11-9-24(31)28-26)16-20-5-8-22-23(15-20)34-18-33-22/h2-8,13-15H,9-12,16-18H2,1H3,(H,28,31)/t26-/m0/s1. The van der Waals surface area contributed by atoms with Gasteiger partial charge in [0.15, 0.2) is 11.5 Å². The summed E-state index contributed by atoms with van der Waals surface area (Å²) in [6.07, 6.45) is 6.45. The van der Waals surface area contributed by atoms with Gasteiger partial charge in [0.25, 0.3) is 0 Å². The Balaban J connectivity index is 1.20. The van der Waals surface area contributed by atoms with Crippen molar-refractivity contribution in [2.75, 3.05) is 13.8 Å². The van der Waals surface area contributed by atoms with Crippen LogP contribution in [0.2, 0.25) is 0 Å². The highest BCUT2D eigenvalue weighted by atomic mass is 16.7. The van der Waals surface area contributed by atoms with Gasteiger partial charge in [-0.05, 0) is 60.7 Å². The van der Waals surface area contributed by atoms with Crippen LogP contribution >= 0.6 is 0 Å². The van der Waals surface area contributed by atoms with Crippen LogP contribution in [-0.4, -0.2) is 45.9 Å². The third-order valence-electron chi connectivity index (χ3n) is 6.58. The smallest absolute Gasteiger partial charge is 0.231 e. The second kappa shape index (κ2) is 9.21. The van der Waals surface area contributed by atoms with Gasteiger partial charge in [0.1, 0.15) is 0 Å². The molecule has 8 nitrogen and oxygen atoms in total. The molecule has 1 aromatic heterocycles. The molecule has 2 amide bonds. The Labute approximate surface area is 198 Å². The topological polar surface area (TPSA) is 85.7 Å². The first-order valence-electron chi connectivity index (χ1n) is 11.5. The highest BCUT2D eigenvalue weighted by Crippen LogP contribution is 2.36. The molecular weight excluding hydrogens is 432 g/mol. The van der Waals surface area contributed by atoms with Crippen LogP contribution in [0.1, 0.15) is 36.8 Å². The molecular formula is C26H28N4O4. The maximum absolute atomic E-state index is 12.9. The molecule has 2 aromatic carbocycles. The number of rotatable bonds is 8. The molecule has 34 heavy (non-hydrogen) atoms. The molecule has 1 saturated heterocycles. The fourth-order valence-corrected chi connectivity index (χ4v) is 4.70. The average molecular weight is 461 g/mol. The highest BCUT2D eigenvalue weighted by Gasteiger charge is 2.38. The molecule has 0 spiro atoms. The summed E-state index contributed by atoms with van der Waals surface area (Å²) in [5, 5.41) is 7.39. The van der Waals surface area contributed by atoms with E-state index < -0.39 is 5.54 Å². The highest BCUT2D eigenvalue weighted by molar-refractivity contribution is 5.80. The van der Waals surface area contributed by atoms with Gasteiger partial charge in [0, 0.05) is 44.4 Å². The monoisotopic (exact) mass is 460 g/mol. The molecule has 0 aliphatic carbocycles. The second-order valence-corrected chi connectivity index (χ2v) is 9.06. The predicted octanol–water partition coefficient (Wildman–Crippen LogP) is 3.23. The lowest BCUT2D eigenvalue weighted by Gasteiger charge is -2.30. The lowest BCUT2D eigenvalue weighted by Crippen LogP contribution is -2.44. The summed E-state index contributed by atoms with van der Waals surface area (Å²) in [6, 6.07) is 15.8. The van der Waals surface area contributed by atoms with Gasteiger partial charge in [0.05, 0.1) is 5.69 Å². The quantitative estimate of drug-likeness (QED) is 0.558. The molecule has 8 heteroatoms. The van der Waals surface area contributed by atoms with E-state index in [-0.39, 0.29) is 18.6 Å². The third kappa shape index (κ3) is 4.76. The maximum Gasteiger partial charge on any atom is 0.231 e. The zero-order valence-electron chi connectivity index (χ0n) is 19.2. The van der Waals surface area contributed by atoms with Crippen molar-refractivity contribution in [2.45, 2.75) is 44.2 Å². The fourth-order valence-electron chi connectivity index (χ4n) is 4.70. The minimum atomic E-state index is -0.424. The van der Waals surface area contributed by atoms with E-state index in [1.54, 1.807) is 15.8 Å². The van der Waals surface area contributed by atoms with Gasteiger partial charge >= 0.3 is 0 Å². The molecule has 0 bridgehead atoms. The van der Waals surface area contributed by atoms with Crippen molar-refractivity contribution in [2.24, 2.45) is 0 Å². The first kappa shape index (κ1) is 22.0. The zero-order valence-corrected chi connectivity index (χ0v) is 19.2. The number of nitrogens with zero attached hydrogens (tertiary/aromatic N) is 3. The number of nitrogens with one attached hydrogen (secondary N) is 1. The van der Waals surface area contributed by atoms with E-state index in [1.807, 2.05) is 61.8 Å². The number of carbonyl (C=O) groups is 2. The van der Waals surface area contributed by atoms with Crippen molar-refractivity contribution >= 4 is 11.8 Å². The van der Waals surface area contributed by atoms with Crippen LogP contribution in [-0.2, 0) is 22.6 Å². The van der Waals surface area contributed by atoms with Gasteiger partial charge in [-0.15, -0.1) is 0 Å². The molecule has 3 heterocycles. The normalized spacial score (nSPS) is 18.7. The number of benzene rings is 2. The van der Waals surface area contributed by atoms with Gasteiger partial charge in [-0.25, -0.2) is 4.68 Å². The summed E-state index contributed by atoms with van der Waals surface area (Å²) in [4.78, 5) is 26.8. The Morgan fingerprint density at radius 1 is 1.15 bits per heavy atom. The first-order chi connectivity index (χ1) is 16.5. The Morgan fingerprint density at radius 2 is 1.94 bits per heavy atom. The molecule has 0 saturated carbocycles. The van der Waals surface area contributed by atoms with E-state index in [1.165, 1.54) is 0 Å². The summed E-state index contributed by atoms with van der Waals surface area (Å²) in [5.74, 6) is 1.57. The molecule has 1 atom stereocenters. The van der Waals surface area contributed by atoms with Gasteiger partial charge in [0.2, 0.25) is 18.6 Å². The van der Waals surface area contributed by atoms with Crippen LogP contribution in [0.5, 0.6) is 11.5 Å². The predicted molar refractivity (Wildman–Crippen MR) is 126 cm³/mol. The number of hydrogen-bond donors (Lipinski definition) is 1. The molecule has 0 radical (unpaired) electrons. The lowest BCUT2D eigenvalue weighted by atomic mass is 9.84. The number of fused-ring (bicyclic) bond motifs is 1. The molecule has 1 fully saturated rings. The summed E-state index contributed by atoms with van der Waals surface area (Å²) >= 11 is 0. The lowest BCUT2D eigenvalue weighted by molar-refractivity contribution is -0.131. The molecule has 3 aromatic rings. The first-order valence-corrected chi connectivity index (χ1v) is 11.5. The van der Waals surface area contributed by atoms with Crippen LogP contribution < -0.4 is 14.8 Å². The van der Waals surface area contributed by atoms with Gasteiger partial charge in [-0.1, -0.05) is 18.2 Å². The molecule has 1 N–H and O–H groups in total. The van der Waals surface area contributed by atoms with Gasteiger partial charge < -0.3 is 19.7 Å². The van der Waals surface area contributed by atoms with E-state index in [9.17, 15) is 9.59 Å². The number of amides is 2. The van der Waals surface area contributed by atoms with Crippen LogP contribution in [0.4, 0.5) is 0 Å². The van der Waals surface area contributed by atoms with E-state index in [0.717, 1.165) is 28.3 Å². The molecule has 2 aliphatic rings. The number of carbonyl (C=O) groups excluding carboxylic acids is 2. The number of aromatic nitrogens is 2. The molecule has 0 unspecified atom stereocenters. The summed E-state index contributed by atoms with van der Waals surface area (Å²) in [6.45, 7) is 0.757. The number of ether oxygens (including phenoxy) is 2. The van der Waals surface area contributed by atoms with E-state index in [2.05, 4.69) is 10.4 Å². The zero-order chi connectivity index (χ0) is 23.5. The average Bonchev–Trinajstić information content (AvgIpc) is 3.60. The minimum Gasteiger partial charge on any atom is -0.454 e. The van der Waals surface area contributed by atoms with Gasteiger partial charge in [-0.2, -0.15) is 5.10 Å². The summed E-state index contributed by atoms with van der Waals surface area (Å²) in [7, 11) is 1.82. The van der Waals surface area contributed by atoms with Crippen molar-refractivity contribution in [3.8, 4) is 17.2 Å². The van der Waals surface area contributed by atoms with Crippen molar-refractivity contribution < 1.29 is 19.1 Å². The molecule has 2 aliphatic heterocycles. The third-order valence-corrected chi connectivity index (χ3v) is 6.58. The minimum absolute atomic E-state index is 0.0406. The van der Waals surface area contributed by atoms with Crippen molar-refractivity contribution in [1.82, 2.24) is 20.0 Å². The Hall–Kier alpha value is -3.81. The second-order valence-electron chi connectivity index (χ2n) is 9.06. The molecule has 176 valence electrons. The van der Waals surface area contributed by atoms with Crippen molar-refractivity contribution in [3.63, 3.8) is 0 Å². The van der Waals surface area contributed by atoms with Crippen LogP contribution in [0.15, 0.2) is 60.9 Å². The van der Waals surface area contributed by atoms with Crippen LogP contribution in [0, 0.1) is 0 Å². The Bertz CT molecular complexity index is 1180. The van der Waals surface area contributed by atoms with Crippen LogP contribution in [0.25, 0.3) is 5.69 Å². The molecule has 5 rings (SSSR count). The van der Waals surface area contributed by atoms with E-state index in [0.29, 0.717) is 38.6 Å².